The average molecular weight is 498 g/mol. The van der Waals surface area contributed by atoms with E-state index in [0.29, 0.717) is 24.1 Å². The number of allylic oxidation sites excluding steroid dienone is 1. The smallest absolute Gasteiger partial charge is 0.412 e. The topological polar surface area (TPSA) is 95.9 Å². The number of aliphatic carboxylic acids is 1. The van der Waals surface area contributed by atoms with Crippen LogP contribution >= 0.6 is 15.9 Å². The normalized spacial score (nSPS) is 13.1. The number of phenols is 1. The fraction of sp³-hybridized carbons (Fsp3) is 0.200. The predicted molar refractivity (Wildman–Crippen MR) is 128 cm³/mol. The lowest BCUT2D eigenvalue weighted by molar-refractivity contribution is -0.131. The van der Waals surface area contributed by atoms with E-state index >= 15 is 0 Å². The van der Waals surface area contributed by atoms with E-state index in [2.05, 4.69) is 21.2 Å². The summed E-state index contributed by atoms with van der Waals surface area (Å²) in [6.45, 7) is 1.89. The molecule has 0 spiro atoms. The Morgan fingerprint density at radius 2 is 1.88 bits per heavy atom. The van der Waals surface area contributed by atoms with Crippen LogP contribution in [0, 0.1) is 5.92 Å². The lowest BCUT2D eigenvalue weighted by Crippen LogP contribution is -2.22. The van der Waals surface area contributed by atoms with Gasteiger partial charge in [0.2, 0.25) is 0 Å². The van der Waals surface area contributed by atoms with Gasteiger partial charge in [0.05, 0.1) is 5.69 Å². The van der Waals surface area contributed by atoms with Gasteiger partial charge in [0.25, 0.3) is 0 Å². The van der Waals surface area contributed by atoms with Crippen LogP contribution < -0.4 is 5.32 Å². The number of carboxylic acids is 1. The largest absolute Gasteiger partial charge is 0.508 e. The van der Waals surface area contributed by atoms with Crippen molar-refractivity contribution in [3.05, 3.63) is 82.9 Å². The van der Waals surface area contributed by atoms with Gasteiger partial charge in [-0.2, -0.15) is 0 Å². The molecule has 7 heteroatoms. The molecule has 0 aliphatic carbocycles. The quantitative estimate of drug-likeness (QED) is 0.302. The average Bonchev–Trinajstić information content (AvgIpc) is 2.77. The van der Waals surface area contributed by atoms with Gasteiger partial charge in [-0.15, -0.1) is 0 Å². The Morgan fingerprint density at radius 3 is 2.66 bits per heavy atom. The van der Waals surface area contributed by atoms with Crippen molar-refractivity contribution in [2.24, 2.45) is 5.92 Å². The summed E-state index contributed by atoms with van der Waals surface area (Å²) >= 11 is 3.40. The Kier molecular flexibility index (Phi) is 7.89. The van der Waals surface area contributed by atoms with Gasteiger partial charge in [0.1, 0.15) is 11.9 Å². The molecule has 3 aromatic carbocycles. The molecule has 2 atom stereocenters. The molecule has 32 heavy (non-hydrogen) atoms. The number of anilines is 1. The lowest BCUT2D eigenvalue weighted by atomic mass is 9.92. The van der Waals surface area contributed by atoms with E-state index in [4.69, 9.17) is 9.84 Å². The third-order valence-electron chi connectivity index (χ3n) is 5.12. The summed E-state index contributed by atoms with van der Waals surface area (Å²) in [6.07, 6.45) is 2.33. The van der Waals surface area contributed by atoms with Crippen molar-refractivity contribution in [1.82, 2.24) is 0 Å². The maximum atomic E-state index is 12.8. The van der Waals surface area contributed by atoms with Crippen LogP contribution in [-0.4, -0.2) is 22.3 Å². The molecule has 0 aromatic heterocycles. The minimum atomic E-state index is -1.01. The number of hydrogen-bond donors (Lipinski definition) is 3. The van der Waals surface area contributed by atoms with Crippen molar-refractivity contribution in [3.8, 4) is 5.75 Å². The Balaban J connectivity index is 1.81. The molecule has 0 saturated carbocycles. The van der Waals surface area contributed by atoms with E-state index < -0.39 is 18.2 Å². The number of carbonyl (C=O) groups is 2. The monoisotopic (exact) mass is 497 g/mol. The Labute approximate surface area is 194 Å². The first-order chi connectivity index (χ1) is 15.3. The van der Waals surface area contributed by atoms with Gasteiger partial charge in [-0.3, -0.25) is 5.32 Å². The van der Waals surface area contributed by atoms with Gasteiger partial charge in [0.15, 0.2) is 0 Å². The molecular formula is C25H24BrNO5. The maximum Gasteiger partial charge on any atom is 0.412 e. The molecular weight excluding hydrogens is 474 g/mol. The number of hydrogen-bond acceptors (Lipinski definition) is 4. The highest BCUT2D eigenvalue weighted by atomic mass is 79.9. The number of phenolic OH excluding ortho intramolecular Hbond substituents is 1. The SMILES string of the molecule is C[C@H](CC/C=C/C(=O)O)[C@@H](OC(=O)Nc1cccc2ccccc12)c1cc(Br)ccc1O. The van der Waals surface area contributed by atoms with Gasteiger partial charge in [-0.1, -0.05) is 65.3 Å². The summed E-state index contributed by atoms with van der Waals surface area (Å²) in [7, 11) is 0. The van der Waals surface area contributed by atoms with E-state index in [9.17, 15) is 14.7 Å². The summed E-state index contributed by atoms with van der Waals surface area (Å²) in [6, 6.07) is 18.3. The van der Waals surface area contributed by atoms with Crippen LogP contribution in [0.3, 0.4) is 0 Å². The Hall–Kier alpha value is -3.32. The zero-order valence-corrected chi connectivity index (χ0v) is 19.1. The second kappa shape index (κ2) is 10.8. The summed E-state index contributed by atoms with van der Waals surface area (Å²) in [4.78, 5) is 23.5. The molecule has 6 nitrogen and oxygen atoms in total. The van der Waals surface area contributed by atoms with Gasteiger partial charge in [-0.25, -0.2) is 9.59 Å². The third kappa shape index (κ3) is 6.11. The van der Waals surface area contributed by atoms with Crippen LogP contribution in [0.5, 0.6) is 5.75 Å². The van der Waals surface area contributed by atoms with Crippen LogP contribution in [-0.2, 0) is 9.53 Å². The zero-order valence-electron chi connectivity index (χ0n) is 17.5. The molecule has 0 saturated heterocycles. The number of nitrogens with one attached hydrogen (secondary N) is 1. The third-order valence-corrected chi connectivity index (χ3v) is 5.62. The van der Waals surface area contributed by atoms with E-state index in [1.807, 2.05) is 43.3 Å². The number of ether oxygens (including phenoxy) is 1. The molecule has 0 bridgehead atoms. The van der Waals surface area contributed by atoms with Crippen LogP contribution in [0.1, 0.15) is 31.4 Å². The molecule has 1 amide bonds. The van der Waals surface area contributed by atoms with Crippen LogP contribution in [0.2, 0.25) is 0 Å². The van der Waals surface area contributed by atoms with E-state index in [1.165, 1.54) is 6.07 Å². The summed E-state index contributed by atoms with van der Waals surface area (Å²) in [5, 5.41) is 23.9. The van der Waals surface area contributed by atoms with Crippen LogP contribution in [0.4, 0.5) is 10.5 Å². The van der Waals surface area contributed by atoms with Gasteiger partial charge >= 0.3 is 12.1 Å². The Bertz CT molecular complexity index is 1140. The molecule has 0 aliphatic heterocycles. The molecule has 3 aromatic rings. The van der Waals surface area contributed by atoms with Crippen molar-refractivity contribution >= 4 is 44.5 Å². The van der Waals surface area contributed by atoms with Crippen LogP contribution in [0.15, 0.2) is 77.3 Å². The highest BCUT2D eigenvalue weighted by Gasteiger charge is 2.26. The molecule has 0 unspecified atom stereocenters. The number of amides is 1. The highest BCUT2D eigenvalue weighted by Crippen LogP contribution is 2.37. The molecule has 0 aliphatic rings. The summed E-state index contributed by atoms with van der Waals surface area (Å²) in [5.74, 6) is -1.18. The number of rotatable bonds is 8. The first kappa shape index (κ1) is 23.3. The second-order valence-corrected chi connectivity index (χ2v) is 8.39. The van der Waals surface area contributed by atoms with Crippen molar-refractivity contribution in [2.75, 3.05) is 5.32 Å². The Morgan fingerprint density at radius 1 is 1.12 bits per heavy atom. The van der Waals surface area contributed by atoms with E-state index in [-0.39, 0.29) is 11.7 Å². The molecule has 0 fully saturated rings. The lowest BCUT2D eigenvalue weighted by Gasteiger charge is -2.25. The van der Waals surface area contributed by atoms with Crippen molar-refractivity contribution in [3.63, 3.8) is 0 Å². The highest BCUT2D eigenvalue weighted by molar-refractivity contribution is 9.10. The predicted octanol–water partition coefficient (Wildman–Crippen LogP) is 6.65. The number of carboxylic acid groups (broad SMARTS) is 1. The summed E-state index contributed by atoms with van der Waals surface area (Å²) in [5.41, 5.74) is 1.10. The van der Waals surface area contributed by atoms with Gasteiger partial charge < -0.3 is 14.9 Å². The first-order valence-electron chi connectivity index (χ1n) is 10.2. The molecule has 166 valence electrons. The first-order valence-corrected chi connectivity index (χ1v) is 11.0. The number of halogens is 1. The number of carbonyl (C=O) groups excluding carboxylic acids is 1. The fourth-order valence-electron chi connectivity index (χ4n) is 3.52. The van der Waals surface area contributed by atoms with Crippen molar-refractivity contribution in [1.29, 1.82) is 0 Å². The molecule has 3 rings (SSSR count). The van der Waals surface area contributed by atoms with Crippen molar-refractivity contribution < 1.29 is 24.5 Å². The zero-order chi connectivity index (χ0) is 23.1. The molecule has 3 N–H and O–H groups in total. The van der Waals surface area contributed by atoms with E-state index in [1.54, 1.807) is 24.3 Å². The molecule has 0 radical (unpaired) electrons. The minimum Gasteiger partial charge on any atom is -0.508 e. The second-order valence-electron chi connectivity index (χ2n) is 7.48. The van der Waals surface area contributed by atoms with Gasteiger partial charge in [0, 0.05) is 21.5 Å². The summed E-state index contributed by atoms with van der Waals surface area (Å²) < 4.78 is 6.54. The van der Waals surface area contributed by atoms with Gasteiger partial charge in [-0.05, 0) is 48.4 Å². The minimum absolute atomic E-state index is 0.0177. The number of aromatic hydroxyl groups is 1. The molecule has 0 heterocycles. The number of benzene rings is 3. The maximum absolute atomic E-state index is 12.8. The standard InChI is InChI=1S/C25H24BrNO5/c1-16(7-2-5-12-23(29)30)24(20-15-18(26)13-14-22(20)28)32-25(31)27-21-11-6-9-17-8-3-4-10-19(17)21/h3-6,8-16,24,28H,2,7H2,1H3,(H,27,31)(H,29,30)/b12-5+/t16-,24-/m1/s1. The number of fused-ring (bicyclic) bond motifs is 1. The fourth-order valence-corrected chi connectivity index (χ4v) is 3.90. The van der Waals surface area contributed by atoms with E-state index in [0.717, 1.165) is 21.3 Å². The van der Waals surface area contributed by atoms with Crippen LogP contribution in [0.25, 0.3) is 10.8 Å². The van der Waals surface area contributed by atoms with Crippen molar-refractivity contribution in [2.45, 2.75) is 25.9 Å².